The number of carbonyl (C=O) groups is 1. The lowest BCUT2D eigenvalue weighted by molar-refractivity contribution is -0.137. The third-order valence-electron chi connectivity index (χ3n) is 4.05. The first-order chi connectivity index (χ1) is 10.3. The Morgan fingerprint density at radius 3 is 1.62 bits per heavy atom. The summed E-state index contributed by atoms with van der Waals surface area (Å²) in [5, 5.41) is 0. The minimum atomic E-state index is 0.368. The summed E-state index contributed by atoms with van der Waals surface area (Å²) in [4.78, 5) is 14.3. The molecular weight excluding hydrogens is 258 g/mol. The Bertz CT molecular complexity index is 214. The van der Waals surface area contributed by atoms with E-state index in [1.807, 2.05) is 41.5 Å². The monoisotopic (exact) mass is 299 g/mol. The zero-order valence-electron chi connectivity index (χ0n) is 15.9. The van der Waals surface area contributed by atoms with Gasteiger partial charge >= 0.3 is 0 Å². The molecule has 0 aromatic carbocycles. The van der Waals surface area contributed by atoms with Crippen molar-refractivity contribution in [3.05, 3.63) is 0 Å². The molecule has 2 nitrogen and oxygen atoms in total. The number of carbonyl (C=O) groups excluding carboxylic acids is 1. The molecule has 1 heterocycles. The van der Waals surface area contributed by atoms with Gasteiger partial charge in [-0.2, -0.15) is 0 Å². The van der Waals surface area contributed by atoms with Gasteiger partial charge in [0.25, 0.3) is 0 Å². The summed E-state index contributed by atoms with van der Waals surface area (Å²) >= 11 is 0. The quantitative estimate of drug-likeness (QED) is 0.590. The standard InChI is InChI=1S/C13H23NO.3C2H6/c1-11-7-9-14(10-8-11)13(15)12-5-3-2-4-6-12;3*1-2/h11-12H,2-10H2,1H3;3*1-2H3. The topological polar surface area (TPSA) is 20.3 Å². The molecule has 1 saturated carbocycles. The fourth-order valence-corrected chi connectivity index (χ4v) is 2.84. The molecule has 1 saturated heterocycles. The molecule has 1 aliphatic carbocycles. The van der Waals surface area contributed by atoms with Gasteiger partial charge < -0.3 is 4.90 Å². The molecule has 0 N–H and O–H groups in total. The van der Waals surface area contributed by atoms with Crippen molar-refractivity contribution in [1.29, 1.82) is 0 Å². The van der Waals surface area contributed by atoms with Crippen LogP contribution in [0.4, 0.5) is 0 Å². The van der Waals surface area contributed by atoms with Crippen molar-refractivity contribution in [2.75, 3.05) is 13.1 Å². The van der Waals surface area contributed by atoms with E-state index >= 15 is 0 Å². The first-order valence-electron chi connectivity index (χ1n) is 9.56. The van der Waals surface area contributed by atoms with Crippen LogP contribution in [0.25, 0.3) is 0 Å². The van der Waals surface area contributed by atoms with Gasteiger partial charge in [0, 0.05) is 19.0 Å². The Labute approximate surface area is 134 Å². The second-order valence-corrected chi connectivity index (χ2v) is 5.34. The van der Waals surface area contributed by atoms with E-state index in [-0.39, 0.29) is 0 Å². The van der Waals surface area contributed by atoms with Crippen LogP contribution in [0.5, 0.6) is 0 Å². The van der Waals surface area contributed by atoms with Gasteiger partial charge in [-0.15, -0.1) is 0 Å². The Kier molecular flexibility index (Phi) is 17.2. The van der Waals surface area contributed by atoms with E-state index in [0.29, 0.717) is 11.8 Å². The molecule has 2 heteroatoms. The fourth-order valence-electron chi connectivity index (χ4n) is 2.84. The minimum absolute atomic E-state index is 0.368. The lowest BCUT2D eigenvalue weighted by Crippen LogP contribution is -2.41. The third kappa shape index (κ3) is 9.16. The summed E-state index contributed by atoms with van der Waals surface area (Å²) < 4.78 is 0. The molecule has 1 amide bonds. The number of rotatable bonds is 1. The van der Waals surface area contributed by atoms with Gasteiger partial charge in [-0.05, 0) is 31.6 Å². The average molecular weight is 300 g/mol. The number of hydrogen-bond donors (Lipinski definition) is 0. The molecule has 1 aliphatic heterocycles. The van der Waals surface area contributed by atoms with Crippen molar-refractivity contribution < 1.29 is 4.79 Å². The van der Waals surface area contributed by atoms with Crippen molar-refractivity contribution in [1.82, 2.24) is 4.90 Å². The molecule has 21 heavy (non-hydrogen) atoms. The number of piperidine rings is 1. The fraction of sp³-hybridized carbons (Fsp3) is 0.947. The van der Waals surface area contributed by atoms with Gasteiger partial charge in [0.15, 0.2) is 0 Å². The molecule has 0 aromatic rings. The molecule has 0 unspecified atom stereocenters. The summed E-state index contributed by atoms with van der Waals surface area (Å²) in [5.74, 6) is 1.65. The summed E-state index contributed by atoms with van der Waals surface area (Å²) in [7, 11) is 0. The molecule has 128 valence electrons. The lowest BCUT2D eigenvalue weighted by atomic mass is 9.87. The van der Waals surface area contributed by atoms with E-state index in [1.54, 1.807) is 0 Å². The Morgan fingerprint density at radius 1 is 0.762 bits per heavy atom. The normalized spacial score (nSPS) is 19.1. The maximum atomic E-state index is 12.2. The summed E-state index contributed by atoms with van der Waals surface area (Å²) in [6.45, 7) is 16.3. The lowest BCUT2D eigenvalue weighted by Gasteiger charge is -2.34. The van der Waals surface area contributed by atoms with Crippen molar-refractivity contribution in [3.63, 3.8) is 0 Å². The van der Waals surface area contributed by atoms with E-state index < -0.39 is 0 Å². The Hall–Kier alpha value is -0.530. The van der Waals surface area contributed by atoms with Gasteiger partial charge in [-0.3, -0.25) is 4.79 Å². The molecule has 0 atom stereocenters. The number of likely N-dealkylation sites (tertiary alicyclic amines) is 1. The predicted octanol–water partition coefficient (Wildman–Crippen LogP) is 5.90. The highest BCUT2D eigenvalue weighted by Gasteiger charge is 2.27. The average Bonchev–Trinajstić information content (AvgIpc) is 2.61. The van der Waals surface area contributed by atoms with Crippen LogP contribution in [0.2, 0.25) is 0 Å². The first kappa shape index (κ1) is 22.7. The molecular formula is C19H41NO. The molecule has 2 fully saturated rings. The maximum Gasteiger partial charge on any atom is 0.225 e. The molecule has 0 radical (unpaired) electrons. The van der Waals surface area contributed by atoms with Crippen LogP contribution in [-0.4, -0.2) is 23.9 Å². The van der Waals surface area contributed by atoms with Gasteiger partial charge in [-0.25, -0.2) is 0 Å². The predicted molar refractivity (Wildman–Crippen MR) is 95.6 cm³/mol. The number of hydrogen-bond acceptors (Lipinski definition) is 1. The number of nitrogens with zero attached hydrogens (tertiary/aromatic N) is 1. The van der Waals surface area contributed by atoms with Gasteiger partial charge in [-0.1, -0.05) is 67.7 Å². The molecule has 0 aromatic heterocycles. The summed E-state index contributed by atoms with van der Waals surface area (Å²) in [6.07, 6.45) is 8.56. The number of amides is 1. The maximum absolute atomic E-state index is 12.2. The van der Waals surface area contributed by atoms with Crippen LogP contribution in [0.15, 0.2) is 0 Å². The second-order valence-electron chi connectivity index (χ2n) is 5.34. The van der Waals surface area contributed by atoms with Crippen LogP contribution in [0, 0.1) is 11.8 Å². The van der Waals surface area contributed by atoms with Gasteiger partial charge in [0.2, 0.25) is 5.91 Å². The second kappa shape index (κ2) is 15.9. The SMILES string of the molecule is CC.CC.CC.CC1CCN(C(=O)C2CCCCC2)CC1. The van der Waals surface area contributed by atoms with E-state index in [1.165, 1.54) is 32.1 Å². The van der Waals surface area contributed by atoms with Crippen molar-refractivity contribution in [3.8, 4) is 0 Å². The van der Waals surface area contributed by atoms with E-state index in [2.05, 4.69) is 11.8 Å². The minimum Gasteiger partial charge on any atom is -0.342 e. The third-order valence-corrected chi connectivity index (χ3v) is 4.05. The van der Waals surface area contributed by atoms with Crippen LogP contribution in [0.3, 0.4) is 0 Å². The van der Waals surface area contributed by atoms with Crippen molar-refractivity contribution in [2.45, 2.75) is 93.4 Å². The van der Waals surface area contributed by atoms with Crippen LogP contribution in [-0.2, 0) is 4.79 Å². The highest BCUT2D eigenvalue weighted by Crippen LogP contribution is 2.27. The summed E-state index contributed by atoms with van der Waals surface area (Å²) in [6, 6.07) is 0. The molecule has 2 aliphatic rings. The first-order valence-corrected chi connectivity index (χ1v) is 9.56. The van der Waals surface area contributed by atoms with Gasteiger partial charge in [0.05, 0.1) is 0 Å². The van der Waals surface area contributed by atoms with Crippen molar-refractivity contribution >= 4 is 5.91 Å². The molecule has 2 rings (SSSR count). The summed E-state index contributed by atoms with van der Waals surface area (Å²) in [5.41, 5.74) is 0. The highest BCUT2D eigenvalue weighted by atomic mass is 16.2. The van der Waals surface area contributed by atoms with Crippen molar-refractivity contribution in [2.24, 2.45) is 11.8 Å². The highest BCUT2D eigenvalue weighted by molar-refractivity contribution is 5.79. The molecule has 0 spiro atoms. The smallest absolute Gasteiger partial charge is 0.225 e. The zero-order chi connectivity index (χ0) is 16.7. The van der Waals surface area contributed by atoms with E-state index in [0.717, 1.165) is 31.8 Å². The Balaban J connectivity index is 0. The Morgan fingerprint density at radius 2 is 1.19 bits per heavy atom. The largest absolute Gasteiger partial charge is 0.342 e. The van der Waals surface area contributed by atoms with Crippen LogP contribution >= 0.6 is 0 Å². The zero-order valence-corrected chi connectivity index (χ0v) is 15.9. The van der Waals surface area contributed by atoms with Crippen LogP contribution < -0.4 is 0 Å². The van der Waals surface area contributed by atoms with Crippen LogP contribution in [0.1, 0.15) is 93.4 Å². The van der Waals surface area contributed by atoms with Gasteiger partial charge in [0.1, 0.15) is 0 Å². The van der Waals surface area contributed by atoms with E-state index in [9.17, 15) is 4.79 Å². The molecule has 0 bridgehead atoms. The van der Waals surface area contributed by atoms with E-state index in [4.69, 9.17) is 0 Å².